The molecule has 4 aliphatic carbocycles. The molecule has 0 bridgehead atoms. The molecule has 8 atom stereocenters. The van der Waals surface area contributed by atoms with Gasteiger partial charge in [-0.25, -0.2) is 0 Å². The summed E-state index contributed by atoms with van der Waals surface area (Å²) < 4.78 is 0. The van der Waals surface area contributed by atoms with Gasteiger partial charge in [-0.15, -0.1) is 0 Å². The molecule has 4 aliphatic rings. The van der Waals surface area contributed by atoms with Crippen molar-refractivity contribution in [3.8, 4) is 0 Å². The van der Waals surface area contributed by atoms with Crippen LogP contribution in [0.1, 0.15) is 71.6 Å². The van der Waals surface area contributed by atoms with Gasteiger partial charge in [-0.05, 0) is 79.4 Å². The number of hydrogen-bond donors (Lipinski definition) is 2. The van der Waals surface area contributed by atoms with Crippen molar-refractivity contribution in [2.75, 3.05) is 5.75 Å². The van der Waals surface area contributed by atoms with E-state index in [-0.39, 0.29) is 12.0 Å². The average Bonchev–Trinajstić information content (AvgIpc) is 2.96. The van der Waals surface area contributed by atoms with Gasteiger partial charge < -0.3 is 5.73 Å². The van der Waals surface area contributed by atoms with E-state index in [9.17, 15) is 4.79 Å². The van der Waals surface area contributed by atoms with E-state index < -0.39 is 0 Å². The van der Waals surface area contributed by atoms with Crippen LogP contribution < -0.4 is 5.73 Å². The first-order valence-corrected chi connectivity index (χ1v) is 10.9. The number of Topliss-reactive ketones (excluding diaryl/α,β-unsaturated/α-hetero) is 1. The van der Waals surface area contributed by atoms with Crippen LogP contribution >= 0.6 is 12.6 Å². The summed E-state index contributed by atoms with van der Waals surface area (Å²) in [5, 5.41) is 0. The van der Waals surface area contributed by atoms with Crippen molar-refractivity contribution in [1.29, 1.82) is 0 Å². The smallest absolute Gasteiger partial charge is 0.137 e. The van der Waals surface area contributed by atoms with Gasteiger partial charge in [0.15, 0.2) is 0 Å². The summed E-state index contributed by atoms with van der Waals surface area (Å²) in [5.41, 5.74) is 7.34. The molecule has 4 rings (SSSR count). The van der Waals surface area contributed by atoms with Crippen LogP contribution in [0.5, 0.6) is 0 Å². The average molecular weight is 350 g/mol. The Kier molecular flexibility index (Phi) is 4.36. The van der Waals surface area contributed by atoms with Crippen LogP contribution in [0, 0.1) is 40.4 Å². The van der Waals surface area contributed by atoms with Gasteiger partial charge in [0, 0.05) is 24.1 Å². The highest BCUT2D eigenvalue weighted by Gasteiger charge is 2.60. The molecule has 0 spiro atoms. The molecule has 3 unspecified atom stereocenters. The van der Waals surface area contributed by atoms with E-state index in [1.807, 2.05) is 0 Å². The van der Waals surface area contributed by atoms with Crippen LogP contribution in [0.15, 0.2) is 0 Å². The van der Waals surface area contributed by atoms with Crippen LogP contribution in [0.2, 0.25) is 0 Å². The number of rotatable bonds is 2. The Morgan fingerprint density at radius 3 is 2.62 bits per heavy atom. The molecule has 2 N–H and O–H groups in total. The summed E-state index contributed by atoms with van der Waals surface area (Å²) >= 11 is 4.43. The molecule has 4 fully saturated rings. The van der Waals surface area contributed by atoms with Gasteiger partial charge in [0.25, 0.3) is 0 Å². The molecule has 4 saturated carbocycles. The predicted molar refractivity (Wildman–Crippen MR) is 102 cm³/mol. The van der Waals surface area contributed by atoms with Gasteiger partial charge in [0.05, 0.1) is 0 Å². The van der Waals surface area contributed by atoms with E-state index in [1.165, 1.54) is 44.9 Å². The molecule has 24 heavy (non-hydrogen) atoms. The SMILES string of the molecule is C[C@@]12CCC[C@H]1[C@@H]1CCC3C(C(N)CS)C(=O)CC[C@]3(C)[C@@H]1CC2. The third-order valence-electron chi connectivity index (χ3n) is 9.11. The maximum Gasteiger partial charge on any atom is 0.137 e. The van der Waals surface area contributed by atoms with Crippen molar-refractivity contribution < 1.29 is 4.79 Å². The Morgan fingerprint density at radius 2 is 1.88 bits per heavy atom. The fourth-order valence-electron chi connectivity index (χ4n) is 7.87. The highest BCUT2D eigenvalue weighted by atomic mass is 32.1. The molecule has 0 radical (unpaired) electrons. The molecule has 0 heterocycles. The maximum atomic E-state index is 12.7. The number of fused-ring (bicyclic) bond motifs is 5. The Balaban J connectivity index is 1.64. The van der Waals surface area contributed by atoms with Gasteiger partial charge >= 0.3 is 0 Å². The Hall–Kier alpha value is -0.0200. The fourth-order valence-corrected chi connectivity index (χ4v) is 8.10. The summed E-state index contributed by atoms with van der Waals surface area (Å²) in [6, 6.07) is -0.0534. The molecule has 0 amide bonds. The van der Waals surface area contributed by atoms with E-state index in [4.69, 9.17) is 5.73 Å². The summed E-state index contributed by atoms with van der Waals surface area (Å²) in [7, 11) is 0. The zero-order valence-corrected chi connectivity index (χ0v) is 16.4. The van der Waals surface area contributed by atoms with Crippen molar-refractivity contribution in [3.63, 3.8) is 0 Å². The third-order valence-corrected chi connectivity index (χ3v) is 9.53. The molecular formula is C21H35NOS. The lowest BCUT2D eigenvalue weighted by Gasteiger charge is -2.61. The van der Waals surface area contributed by atoms with Gasteiger partial charge in [-0.3, -0.25) is 4.79 Å². The minimum Gasteiger partial charge on any atom is -0.326 e. The first kappa shape index (κ1) is 17.4. The van der Waals surface area contributed by atoms with Crippen LogP contribution in [-0.4, -0.2) is 17.6 Å². The minimum atomic E-state index is -0.0534. The van der Waals surface area contributed by atoms with Crippen molar-refractivity contribution in [2.45, 2.75) is 77.7 Å². The number of carbonyl (C=O) groups is 1. The summed E-state index contributed by atoms with van der Waals surface area (Å²) in [6.07, 6.45) is 11.6. The normalized spacial score (nSPS) is 52.3. The number of nitrogens with two attached hydrogens (primary N) is 1. The van der Waals surface area contributed by atoms with Gasteiger partial charge in [-0.1, -0.05) is 20.3 Å². The predicted octanol–water partition coefficient (Wildman–Crippen LogP) is 4.47. The van der Waals surface area contributed by atoms with Gasteiger partial charge in [0.1, 0.15) is 5.78 Å². The minimum absolute atomic E-state index is 0.0534. The first-order valence-electron chi connectivity index (χ1n) is 10.3. The van der Waals surface area contributed by atoms with Crippen LogP contribution in [0.25, 0.3) is 0 Å². The molecule has 3 heteroatoms. The lowest BCUT2D eigenvalue weighted by atomic mass is 9.43. The molecule has 0 aliphatic heterocycles. The van der Waals surface area contributed by atoms with E-state index in [0.29, 0.717) is 28.3 Å². The molecular weight excluding hydrogens is 314 g/mol. The number of thiol groups is 1. The zero-order valence-electron chi connectivity index (χ0n) is 15.5. The van der Waals surface area contributed by atoms with Crippen molar-refractivity contribution in [2.24, 2.45) is 46.2 Å². The van der Waals surface area contributed by atoms with Crippen molar-refractivity contribution in [3.05, 3.63) is 0 Å². The highest BCUT2D eigenvalue weighted by molar-refractivity contribution is 7.80. The number of ketones is 1. The molecule has 0 aromatic carbocycles. The Bertz CT molecular complexity index is 522. The Labute approximate surface area is 153 Å². The standard InChI is InChI=1S/C21H35NOS/c1-20-9-3-4-14(20)13-5-6-16-19(17(22)12-24)18(23)8-11-21(16,2)15(13)7-10-20/h13-17,19,24H,3-12,22H2,1-2H3/t13-,14-,15+,16?,17?,19?,20-,21+/m0/s1. The second-order valence-corrected chi connectivity index (χ2v) is 10.4. The zero-order chi connectivity index (χ0) is 17.1. The van der Waals surface area contributed by atoms with Crippen LogP contribution in [-0.2, 0) is 4.79 Å². The van der Waals surface area contributed by atoms with Gasteiger partial charge in [-0.2, -0.15) is 12.6 Å². The molecule has 0 aromatic heterocycles. The molecule has 2 nitrogen and oxygen atoms in total. The van der Waals surface area contributed by atoms with Gasteiger partial charge in [0.2, 0.25) is 0 Å². The summed E-state index contributed by atoms with van der Waals surface area (Å²) in [5.74, 6) is 4.33. The lowest BCUT2D eigenvalue weighted by molar-refractivity contribution is -0.151. The topological polar surface area (TPSA) is 43.1 Å². The largest absolute Gasteiger partial charge is 0.326 e. The summed E-state index contributed by atoms with van der Waals surface area (Å²) in [4.78, 5) is 12.7. The number of carbonyl (C=O) groups excluding carboxylic acids is 1. The van der Waals surface area contributed by atoms with E-state index in [2.05, 4.69) is 26.5 Å². The van der Waals surface area contributed by atoms with Crippen molar-refractivity contribution in [1.82, 2.24) is 0 Å². The number of hydrogen-bond acceptors (Lipinski definition) is 3. The third kappa shape index (κ3) is 2.36. The van der Waals surface area contributed by atoms with Crippen LogP contribution in [0.4, 0.5) is 0 Å². The highest BCUT2D eigenvalue weighted by Crippen LogP contribution is 2.66. The molecule has 0 aromatic rings. The van der Waals surface area contributed by atoms with Crippen LogP contribution in [0.3, 0.4) is 0 Å². The molecule has 136 valence electrons. The van der Waals surface area contributed by atoms with E-state index in [1.54, 1.807) is 0 Å². The molecule has 0 saturated heterocycles. The fraction of sp³-hybridized carbons (Fsp3) is 0.952. The first-order chi connectivity index (χ1) is 11.4. The summed E-state index contributed by atoms with van der Waals surface area (Å²) in [6.45, 7) is 5.09. The Morgan fingerprint density at radius 1 is 1.08 bits per heavy atom. The maximum absolute atomic E-state index is 12.7. The second-order valence-electron chi connectivity index (χ2n) is 9.99. The van der Waals surface area contributed by atoms with E-state index in [0.717, 1.165) is 30.6 Å². The quantitative estimate of drug-likeness (QED) is 0.722. The van der Waals surface area contributed by atoms with E-state index >= 15 is 0 Å². The van der Waals surface area contributed by atoms with Crippen molar-refractivity contribution >= 4 is 18.4 Å². The second kappa shape index (κ2) is 6.01. The monoisotopic (exact) mass is 349 g/mol. The lowest BCUT2D eigenvalue weighted by Crippen LogP contribution is -2.58.